The van der Waals surface area contributed by atoms with E-state index in [0.29, 0.717) is 18.8 Å². The molecule has 1 aromatic carbocycles. The number of nitriles is 1. The number of carbonyl (C=O) groups is 1. The molecule has 1 N–H and O–H groups in total. The van der Waals surface area contributed by atoms with Gasteiger partial charge >= 0.3 is 0 Å². The van der Waals surface area contributed by atoms with Crippen molar-refractivity contribution in [1.29, 1.82) is 5.26 Å². The first-order valence-electron chi connectivity index (χ1n) is 7.32. The van der Waals surface area contributed by atoms with Gasteiger partial charge in [-0.2, -0.15) is 5.26 Å². The van der Waals surface area contributed by atoms with E-state index in [1.807, 2.05) is 48.5 Å². The highest BCUT2D eigenvalue weighted by atomic mass is 16.1. The van der Waals surface area contributed by atoms with Crippen molar-refractivity contribution < 1.29 is 4.79 Å². The fourth-order valence-corrected chi connectivity index (χ4v) is 2.03. The quantitative estimate of drug-likeness (QED) is 0.833. The lowest BCUT2D eigenvalue weighted by Gasteiger charge is -2.10. The summed E-state index contributed by atoms with van der Waals surface area (Å²) in [5.41, 5.74) is 2.43. The van der Waals surface area contributed by atoms with Gasteiger partial charge in [-0.3, -0.25) is 14.8 Å². The maximum absolute atomic E-state index is 12.2. The van der Waals surface area contributed by atoms with Gasteiger partial charge in [-0.1, -0.05) is 36.4 Å². The molecule has 2 aromatic rings. The van der Waals surface area contributed by atoms with Crippen molar-refractivity contribution in [3.8, 4) is 6.07 Å². The number of nitrogens with zero attached hydrogens (tertiary/aromatic N) is 3. The van der Waals surface area contributed by atoms with Crippen LogP contribution in [0.15, 0.2) is 59.9 Å². The summed E-state index contributed by atoms with van der Waals surface area (Å²) in [6, 6.07) is 15.3. The Balaban J connectivity index is 1.95. The van der Waals surface area contributed by atoms with Gasteiger partial charge in [0.05, 0.1) is 12.6 Å². The Bertz CT molecular complexity index is 705. The highest BCUT2D eigenvalue weighted by Crippen LogP contribution is 2.05. The Hall–Kier alpha value is -3.00. The zero-order chi connectivity index (χ0) is 16.5. The second-order valence-corrected chi connectivity index (χ2v) is 5.08. The van der Waals surface area contributed by atoms with Crippen LogP contribution < -0.4 is 5.32 Å². The lowest BCUT2D eigenvalue weighted by atomic mass is 10.1. The summed E-state index contributed by atoms with van der Waals surface area (Å²) in [4.78, 5) is 20.5. The average Bonchev–Trinajstić information content (AvgIpc) is 2.60. The fourth-order valence-electron chi connectivity index (χ4n) is 2.03. The molecule has 0 radical (unpaired) electrons. The maximum atomic E-state index is 12.2. The molecule has 1 aromatic heterocycles. The molecule has 0 saturated heterocycles. The monoisotopic (exact) mass is 306 g/mol. The Morgan fingerprint density at radius 1 is 1.26 bits per heavy atom. The Labute approximate surface area is 135 Å². The molecule has 0 aliphatic heterocycles. The van der Waals surface area contributed by atoms with Gasteiger partial charge in [-0.05, 0) is 24.1 Å². The molecule has 2 rings (SSSR count). The second kappa shape index (κ2) is 8.44. The number of hydrogen-bond donors (Lipinski definition) is 1. The van der Waals surface area contributed by atoms with Crippen molar-refractivity contribution in [1.82, 2.24) is 10.3 Å². The number of aromatic nitrogens is 1. The summed E-state index contributed by atoms with van der Waals surface area (Å²) in [6.07, 6.45) is 3.41. The molecule has 1 amide bonds. The smallest absolute Gasteiger partial charge is 0.243 e. The molecule has 0 aliphatic carbocycles. The average molecular weight is 306 g/mol. The molecule has 1 unspecified atom stereocenters. The van der Waals surface area contributed by atoms with Gasteiger partial charge in [0.1, 0.15) is 0 Å². The van der Waals surface area contributed by atoms with Crippen LogP contribution >= 0.6 is 0 Å². The third-order valence-electron chi connectivity index (χ3n) is 3.35. The molecule has 0 saturated carbocycles. The van der Waals surface area contributed by atoms with E-state index in [2.05, 4.69) is 15.3 Å². The van der Waals surface area contributed by atoms with Crippen LogP contribution in [0.2, 0.25) is 0 Å². The summed E-state index contributed by atoms with van der Waals surface area (Å²) in [5.74, 6) is -1.21. The van der Waals surface area contributed by atoms with Crippen LogP contribution in [0.5, 0.6) is 0 Å². The predicted octanol–water partition coefficient (Wildman–Crippen LogP) is 2.50. The van der Waals surface area contributed by atoms with Gasteiger partial charge in [0.25, 0.3) is 0 Å². The lowest BCUT2D eigenvalue weighted by Crippen LogP contribution is -2.33. The van der Waals surface area contributed by atoms with Crippen molar-refractivity contribution in [2.75, 3.05) is 0 Å². The fraction of sp³-hybridized carbons (Fsp3) is 0.222. The lowest BCUT2D eigenvalue weighted by molar-refractivity contribution is -0.121. The van der Waals surface area contributed by atoms with E-state index in [1.54, 1.807) is 19.3 Å². The highest BCUT2D eigenvalue weighted by Gasteiger charge is 2.20. The standard InChI is InChI=1S/C18H18N4O/c1-14(21-13-16-8-5-9-20-11-16)17(10-19)18(23)22-12-15-6-3-2-4-7-15/h2-9,11,17H,12-13H2,1H3,(H,22,23). The van der Waals surface area contributed by atoms with E-state index < -0.39 is 5.92 Å². The molecule has 116 valence electrons. The van der Waals surface area contributed by atoms with Crippen LogP contribution in [0, 0.1) is 17.2 Å². The number of amides is 1. The van der Waals surface area contributed by atoms with Gasteiger partial charge in [-0.25, -0.2) is 0 Å². The van der Waals surface area contributed by atoms with Gasteiger partial charge in [-0.15, -0.1) is 0 Å². The first kappa shape index (κ1) is 16.4. The molecule has 5 heteroatoms. The normalized spacial score (nSPS) is 12.3. The SMILES string of the molecule is CC(=NCc1cccnc1)C(C#N)C(=O)NCc1ccccc1. The third kappa shape index (κ3) is 5.04. The van der Waals surface area contributed by atoms with Crippen LogP contribution in [0.1, 0.15) is 18.1 Å². The van der Waals surface area contributed by atoms with Crippen LogP contribution in [-0.4, -0.2) is 16.6 Å². The number of hydrogen-bond acceptors (Lipinski definition) is 4. The topological polar surface area (TPSA) is 78.1 Å². The molecule has 23 heavy (non-hydrogen) atoms. The summed E-state index contributed by atoms with van der Waals surface area (Å²) in [6.45, 7) is 2.50. The number of carbonyl (C=O) groups excluding carboxylic acids is 1. The van der Waals surface area contributed by atoms with Crippen molar-refractivity contribution in [3.05, 3.63) is 66.0 Å². The summed E-state index contributed by atoms with van der Waals surface area (Å²) >= 11 is 0. The Kier molecular flexibility index (Phi) is 6.01. The summed E-state index contributed by atoms with van der Waals surface area (Å²) in [7, 11) is 0. The van der Waals surface area contributed by atoms with E-state index in [1.165, 1.54) is 0 Å². The van der Waals surface area contributed by atoms with E-state index in [-0.39, 0.29) is 5.91 Å². The van der Waals surface area contributed by atoms with Gasteiger partial charge in [0.15, 0.2) is 5.92 Å². The number of aliphatic imine (C=N–C) groups is 1. The van der Waals surface area contributed by atoms with Crippen LogP contribution in [-0.2, 0) is 17.9 Å². The molecule has 1 heterocycles. The largest absolute Gasteiger partial charge is 0.351 e. The van der Waals surface area contributed by atoms with Gasteiger partial charge in [0, 0.05) is 24.7 Å². The third-order valence-corrected chi connectivity index (χ3v) is 3.35. The predicted molar refractivity (Wildman–Crippen MR) is 88.4 cm³/mol. The van der Waals surface area contributed by atoms with Gasteiger partial charge < -0.3 is 5.32 Å². The molecular weight excluding hydrogens is 288 g/mol. The zero-order valence-corrected chi connectivity index (χ0v) is 12.9. The summed E-state index contributed by atoms with van der Waals surface area (Å²) in [5, 5.41) is 12.0. The molecule has 0 bridgehead atoms. The number of pyridine rings is 1. The second-order valence-electron chi connectivity index (χ2n) is 5.08. The van der Waals surface area contributed by atoms with Crippen LogP contribution in [0.25, 0.3) is 0 Å². The summed E-state index contributed by atoms with van der Waals surface area (Å²) < 4.78 is 0. The number of rotatable bonds is 6. The van der Waals surface area contributed by atoms with E-state index in [0.717, 1.165) is 11.1 Å². The molecule has 5 nitrogen and oxygen atoms in total. The molecular formula is C18H18N4O. The molecule has 1 atom stereocenters. The van der Waals surface area contributed by atoms with Crippen molar-refractivity contribution >= 4 is 11.6 Å². The zero-order valence-electron chi connectivity index (χ0n) is 12.9. The van der Waals surface area contributed by atoms with Crippen molar-refractivity contribution in [2.24, 2.45) is 10.9 Å². The molecule has 0 spiro atoms. The minimum Gasteiger partial charge on any atom is -0.351 e. The first-order chi connectivity index (χ1) is 11.2. The number of nitrogens with one attached hydrogen (secondary N) is 1. The van der Waals surface area contributed by atoms with E-state index in [4.69, 9.17) is 0 Å². The van der Waals surface area contributed by atoms with Crippen LogP contribution in [0.4, 0.5) is 0 Å². The molecule has 0 aliphatic rings. The minimum absolute atomic E-state index is 0.330. The molecule has 0 fully saturated rings. The van der Waals surface area contributed by atoms with E-state index >= 15 is 0 Å². The Morgan fingerprint density at radius 3 is 2.65 bits per heavy atom. The highest BCUT2D eigenvalue weighted by molar-refractivity contribution is 6.05. The van der Waals surface area contributed by atoms with Crippen molar-refractivity contribution in [2.45, 2.75) is 20.0 Å². The van der Waals surface area contributed by atoms with E-state index in [9.17, 15) is 10.1 Å². The number of benzene rings is 1. The van der Waals surface area contributed by atoms with Gasteiger partial charge in [0.2, 0.25) is 5.91 Å². The van der Waals surface area contributed by atoms with Crippen LogP contribution in [0.3, 0.4) is 0 Å². The first-order valence-corrected chi connectivity index (χ1v) is 7.32. The Morgan fingerprint density at radius 2 is 2.00 bits per heavy atom. The maximum Gasteiger partial charge on any atom is 0.243 e. The minimum atomic E-state index is -0.879. The van der Waals surface area contributed by atoms with Crippen molar-refractivity contribution in [3.63, 3.8) is 0 Å².